The van der Waals surface area contributed by atoms with Crippen molar-refractivity contribution in [2.24, 2.45) is 0 Å². The van der Waals surface area contributed by atoms with E-state index in [1.54, 1.807) is 6.92 Å². The number of H-pyrrole nitrogens is 1. The van der Waals surface area contributed by atoms with Crippen LogP contribution < -0.4 is 5.32 Å². The Bertz CT molecular complexity index is 351. The molecule has 15 heavy (non-hydrogen) atoms. The summed E-state index contributed by atoms with van der Waals surface area (Å²) in [5.41, 5.74) is 2.45. The van der Waals surface area contributed by atoms with Crippen LogP contribution in [0.1, 0.15) is 28.7 Å². The minimum absolute atomic E-state index is 0. The van der Waals surface area contributed by atoms with E-state index in [9.17, 15) is 4.79 Å². The lowest BCUT2D eigenvalue weighted by Crippen LogP contribution is -2.24. The lowest BCUT2D eigenvalue weighted by molar-refractivity contribution is 0.0518. The summed E-state index contributed by atoms with van der Waals surface area (Å²) in [6.45, 7) is 3.82. The van der Waals surface area contributed by atoms with Gasteiger partial charge in [-0.15, -0.1) is 12.4 Å². The smallest absolute Gasteiger partial charge is 0.359 e. The highest BCUT2D eigenvalue weighted by Gasteiger charge is 2.21. The molecule has 0 aliphatic carbocycles. The molecular formula is C9H14ClN3O2. The Morgan fingerprint density at radius 2 is 2.40 bits per heavy atom. The van der Waals surface area contributed by atoms with E-state index in [0.717, 1.165) is 30.8 Å². The Balaban J connectivity index is 0.00000112. The number of aromatic amines is 1. The van der Waals surface area contributed by atoms with E-state index >= 15 is 0 Å². The van der Waals surface area contributed by atoms with Gasteiger partial charge in [0.15, 0.2) is 5.69 Å². The molecule has 0 spiro atoms. The Labute approximate surface area is 94.0 Å². The lowest BCUT2D eigenvalue weighted by Gasteiger charge is -2.12. The summed E-state index contributed by atoms with van der Waals surface area (Å²) in [6, 6.07) is 0. The summed E-state index contributed by atoms with van der Waals surface area (Å²) in [4.78, 5) is 11.5. The number of fused-ring (bicyclic) bond motifs is 1. The van der Waals surface area contributed by atoms with Crippen LogP contribution in [0.2, 0.25) is 0 Å². The van der Waals surface area contributed by atoms with E-state index in [4.69, 9.17) is 4.74 Å². The second-order valence-corrected chi connectivity index (χ2v) is 3.18. The Hall–Kier alpha value is -1.07. The van der Waals surface area contributed by atoms with Gasteiger partial charge >= 0.3 is 5.97 Å². The number of aromatic nitrogens is 2. The number of ether oxygens (including phenoxy) is 1. The molecule has 0 unspecified atom stereocenters. The Morgan fingerprint density at radius 3 is 3.13 bits per heavy atom. The summed E-state index contributed by atoms with van der Waals surface area (Å²) >= 11 is 0. The Kier molecular flexibility index (Phi) is 4.11. The molecule has 0 fully saturated rings. The number of nitrogens with zero attached hydrogens (tertiary/aromatic N) is 1. The van der Waals surface area contributed by atoms with Gasteiger partial charge in [0.25, 0.3) is 0 Å². The third-order valence-electron chi connectivity index (χ3n) is 2.28. The minimum Gasteiger partial charge on any atom is -0.461 e. The van der Waals surface area contributed by atoms with Crippen LogP contribution in [0.15, 0.2) is 0 Å². The number of rotatable bonds is 2. The number of halogens is 1. The third kappa shape index (κ3) is 2.30. The number of hydrogen-bond donors (Lipinski definition) is 2. The van der Waals surface area contributed by atoms with Crippen molar-refractivity contribution >= 4 is 18.4 Å². The highest BCUT2D eigenvalue weighted by Crippen LogP contribution is 2.15. The molecule has 1 aliphatic rings. The average Bonchev–Trinajstić information content (AvgIpc) is 2.61. The number of nitrogens with one attached hydrogen (secondary N) is 2. The van der Waals surface area contributed by atoms with Gasteiger partial charge in [-0.2, -0.15) is 5.10 Å². The maximum atomic E-state index is 11.5. The molecule has 1 aliphatic heterocycles. The fourth-order valence-corrected chi connectivity index (χ4v) is 1.61. The summed E-state index contributed by atoms with van der Waals surface area (Å²) in [5.74, 6) is -0.327. The predicted molar refractivity (Wildman–Crippen MR) is 57.2 cm³/mol. The molecule has 2 heterocycles. The first kappa shape index (κ1) is 12.0. The Morgan fingerprint density at radius 1 is 1.60 bits per heavy atom. The van der Waals surface area contributed by atoms with E-state index in [-0.39, 0.29) is 18.4 Å². The van der Waals surface area contributed by atoms with E-state index in [2.05, 4.69) is 15.5 Å². The summed E-state index contributed by atoms with van der Waals surface area (Å²) < 4.78 is 4.91. The van der Waals surface area contributed by atoms with Crippen LogP contribution in [0, 0.1) is 0 Å². The minimum atomic E-state index is -0.327. The van der Waals surface area contributed by atoms with Gasteiger partial charge in [-0.05, 0) is 19.9 Å². The van der Waals surface area contributed by atoms with Gasteiger partial charge in [-0.25, -0.2) is 4.79 Å². The van der Waals surface area contributed by atoms with Crippen LogP contribution in [-0.4, -0.2) is 29.3 Å². The van der Waals surface area contributed by atoms with Crippen molar-refractivity contribution in [2.75, 3.05) is 13.2 Å². The van der Waals surface area contributed by atoms with E-state index in [0.29, 0.717) is 12.3 Å². The van der Waals surface area contributed by atoms with Crippen LogP contribution in [0.4, 0.5) is 0 Å². The van der Waals surface area contributed by atoms with Crippen LogP contribution >= 0.6 is 12.4 Å². The van der Waals surface area contributed by atoms with Crippen LogP contribution in [-0.2, 0) is 17.7 Å². The molecule has 0 aromatic carbocycles. The number of carbonyl (C=O) groups excluding carboxylic acids is 1. The molecule has 6 heteroatoms. The number of hydrogen-bond acceptors (Lipinski definition) is 4. The molecule has 0 saturated heterocycles. The standard InChI is InChI=1S/C9H13N3O2.ClH/c1-2-14-9(13)8-6-3-4-10-5-7(6)11-12-8;/h10H,2-5H2,1H3,(H,11,12);1H. The number of esters is 1. The van der Waals surface area contributed by atoms with E-state index in [1.165, 1.54) is 0 Å². The van der Waals surface area contributed by atoms with Gasteiger partial charge in [0.1, 0.15) is 0 Å². The SMILES string of the molecule is CCOC(=O)c1n[nH]c2c1CCNC2.Cl. The van der Waals surface area contributed by atoms with Gasteiger partial charge in [-0.3, -0.25) is 5.10 Å². The van der Waals surface area contributed by atoms with E-state index < -0.39 is 0 Å². The van der Waals surface area contributed by atoms with Gasteiger partial charge in [0.2, 0.25) is 0 Å². The molecule has 2 rings (SSSR count). The predicted octanol–water partition coefficient (Wildman–Crippen LogP) is 0.654. The molecule has 1 aromatic rings. The van der Waals surface area contributed by atoms with Gasteiger partial charge in [-0.1, -0.05) is 0 Å². The average molecular weight is 232 g/mol. The van der Waals surface area contributed by atoms with Crippen molar-refractivity contribution < 1.29 is 9.53 Å². The van der Waals surface area contributed by atoms with Gasteiger partial charge < -0.3 is 10.1 Å². The number of carbonyl (C=O) groups is 1. The molecule has 0 bridgehead atoms. The zero-order valence-electron chi connectivity index (χ0n) is 8.50. The fraction of sp³-hybridized carbons (Fsp3) is 0.556. The molecule has 0 amide bonds. The second-order valence-electron chi connectivity index (χ2n) is 3.18. The summed E-state index contributed by atoms with van der Waals surface area (Å²) in [7, 11) is 0. The molecule has 2 N–H and O–H groups in total. The lowest BCUT2D eigenvalue weighted by atomic mass is 10.1. The van der Waals surface area contributed by atoms with Crippen LogP contribution in [0.25, 0.3) is 0 Å². The largest absolute Gasteiger partial charge is 0.461 e. The highest BCUT2D eigenvalue weighted by molar-refractivity contribution is 5.89. The topological polar surface area (TPSA) is 67.0 Å². The second kappa shape index (κ2) is 5.14. The summed E-state index contributed by atoms with van der Waals surface area (Å²) in [5, 5.41) is 10.0. The zero-order valence-corrected chi connectivity index (χ0v) is 9.32. The normalized spacial score (nSPS) is 13.9. The maximum absolute atomic E-state index is 11.5. The van der Waals surface area contributed by atoms with Crippen LogP contribution in [0.5, 0.6) is 0 Å². The summed E-state index contributed by atoms with van der Waals surface area (Å²) in [6.07, 6.45) is 0.833. The molecule has 0 saturated carbocycles. The fourth-order valence-electron chi connectivity index (χ4n) is 1.61. The monoisotopic (exact) mass is 231 g/mol. The third-order valence-corrected chi connectivity index (χ3v) is 2.28. The maximum Gasteiger partial charge on any atom is 0.359 e. The molecule has 0 atom stereocenters. The van der Waals surface area contributed by atoms with Gasteiger partial charge in [0, 0.05) is 12.1 Å². The van der Waals surface area contributed by atoms with E-state index in [1.807, 2.05) is 0 Å². The first-order valence-electron chi connectivity index (χ1n) is 4.77. The molecule has 5 nitrogen and oxygen atoms in total. The van der Waals surface area contributed by atoms with Crippen molar-refractivity contribution in [1.29, 1.82) is 0 Å². The molecular weight excluding hydrogens is 218 g/mol. The first-order valence-corrected chi connectivity index (χ1v) is 4.77. The van der Waals surface area contributed by atoms with Crippen molar-refractivity contribution in [3.8, 4) is 0 Å². The van der Waals surface area contributed by atoms with Crippen LogP contribution in [0.3, 0.4) is 0 Å². The first-order chi connectivity index (χ1) is 6.83. The van der Waals surface area contributed by atoms with Crippen molar-refractivity contribution in [3.63, 3.8) is 0 Å². The van der Waals surface area contributed by atoms with Crippen molar-refractivity contribution in [1.82, 2.24) is 15.5 Å². The highest BCUT2D eigenvalue weighted by atomic mass is 35.5. The van der Waals surface area contributed by atoms with Crippen molar-refractivity contribution in [3.05, 3.63) is 17.0 Å². The molecule has 1 aromatic heterocycles. The molecule has 0 radical (unpaired) electrons. The zero-order chi connectivity index (χ0) is 9.97. The van der Waals surface area contributed by atoms with Crippen molar-refractivity contribution in [2.45, 2.75) is 19.9 Å². The quantitative estimate of drug-likeness (QED) is 0.734. The van der Waals surface area contributed by atoms with Gasteiger partial charge in [0.05, 0.1) is 12.3 Å². The molecule has 84 valence electrons.